The van der Waals surface area contributed by atoms with E-state index in [1.54, 1.807) is 30.3 Å². The van der Waals surface area contributed by atoms with Gasteiger partial charge in [-0.05, 0) is 31.0 Å². The topological polar surface area (TPSA) is 82.7 Å². The summed E-state index contributed by atoms with van der Waals surface area (Å²) in [6, 6.07) is 8.58. The molecule has 2 radical (unpaired) electrons. The number of anilines is 2. The first-order valence-corrected chi connectivity index (χ1v) is 9.29. The number of rotatable bonds is 4. The first-order chi connectivity index (χ1) is 13.5. The number of hydrogen-bond donors (Lipinski definition) is 3. The lowest BCUT2D eigenvalue weighted by Crippen LogP contribution is -2.13. The highest BCUT2D eigenvalue weighted by Gasteiger charge is 2.16. The van der Waals surface area contributed by atoms with Crippen LogP contribution in [0.15, 0.2) is 58.4 Å². The highest BCUT2D eigenvalue weighted by atomic mass is 35.5. The minimum absolute atomic E-state index is 0.285. The Hall–Kier alpha value is -2.77. The van der Waals surface area contributed by atoms with Crippen LogP contribution in [0.25, 0.3) is 11.2 Å². The molecule has 2 aromatic heterocycles. The van der Waals surface area contributed by atoms with Crippen molar-refractivity contribution >= 4 is 65.2 Å². The van der Waals surface area contributed by atoms with E-state index in [2.05, 4.69) is 25.6 Å². The minimum Gasteiger partial charge on any atom is -0.323 e. The molecule has 0 saturated carbocycles. The van der Waals surface area contributed by atoms with Crippen LogP contribution in [0.4, 0.5) is 11.6 Å². The largest absolute Gasteiger partial charge is 0.323 e. The summed E-state index contributed by atoms with van der Waals surface area (Å²) in [7, 11) is 5.65. The lowest BCUT2D eigenvalue weighted by atomic mass is 9.96. The molecule has 0 bridgehead atoms. The normalized spacial score (nSPS) is 14.1. The zero-order valence-corrected chi connectivity index (χ0v) is 16.1. The minimum atomic E-state index is -0.285. The van der Waals surface area contributed by atoms with E-state index in [1.807, 2.05) is 6.08 Å². The molecular weight excluding hydrogens is 396 g/mol. The van der Waals surface area contributed by atoms with Gasteiger partial charge in [-0.15, -0.1) is 0 Å². The van der Waals surface area contributed by atoms with E-state index in [4.69, 9.17) is 31.0 Å². The van der Waals surface area contributed by atoms with Crippen LogP contribution in [-0.4, -0.2) is 28.7 Å². The second-order valence-electron chi connectivity index (χ2n) is 6.25. The van der Waals surface area contributed by atoms with Crippen molar-refractivity contribution in [2.24, 2.45) is 0 Å². The Kier molecular flexibility index (Phi) is 5.11. The molecule has 1 aliphatic carbocycles. The number of nitrogens with one attached hydrogen (secondary N) is 3. The van der Waals surface area contributed by atoms with Crippen molar-refractivity contribution in [3.63, 3.8) is 0 Å². The Morgan fingerprint density at radius 2 is 2.00 bits per heavy atom. The Labute approximate surface area is 172 Å². The summed E-state index contributed by atoms with van der Waals surface area (Å²) in [6.45, 7) is 0. The summed E-state index contributed by atoms with van der Waals surface area (Å²) < 4.78 is 0. The molecule has 3 N–H and O–H groups in total. The van der Waals surface area contributed by atoms with Crippen LogP contribution in [0.2, 0.25) is 0 Å². The molecule has 0 atom stereocenters. The predicted octanol–water partition coefficient (Wildman–Crippen LogP) is 3.78. The van der Waals surface area contributed by atoms with Gasteiger partial charge in [-0.3, -0.25) is 4.79 Å². The van der Waals surface area contributed by atoms with Gasteiger partial charge in [0, 0.05) is 16.9 Å². The van der Waals surface area contributed by atoms with E-state index in [0.29, 0.717) is 56.0 Å². The maximum absolute atomic E-state index is 12.5. The molecule has 1 amide bonds. The fraction of sp³-hybridized carbons (Fsp3) is 0.105. The number of fused-ring (bicyclic) bond motifs is 1. The van der Waals surface area contributed by atoms with E-state index in [0.717, 1.165) is 6.42 Å². The lowest BCUT2D eigenvalue weighted by Gasteiger charge is -2.14. The molecular formula is C19H14BCl2N5O. The van der Waals surface area contributed by atoms with Crippen molar-refractivity contribution < 1.29 is 4.79 Å². The molecule has 4 rings (SSSR count). The highest BCUT2D eigenvalue weighted by molar-refractivity contribution is 6.36. The fourth-order valence-electron chi connectivity index (χ4n) is 2.78. The van der Waals surface area contributed by atoms with E-state index in [1.165, 1.54) is 6.20 Å². The Morgan fingerprint density at radius 1 is 1.21 bits per heavy atom. The number of carbonyl (C=O) groups is 1. The Balaban J connectivity index is 1.55. The van der Waals surface area contributed by atoms with Gasteiger partial charge in [0.2, 0.25) is 5.95 Å². The Bertz CT molecular complexity index is 1120. The molecule has 2 heterocycles. The van der Waals surface area contributed by atoms with Gasteiger partial charge in [-0.25, -0.2) is 4.98 Å². The van der Waals surface area contributed by atoms with Crippen LogP contribution in [-0.2, 0) is 0 Å². The SMILES string of the molecule is [B]c1ccc(NC(=O)c2cnc3nc(NC4=C(Cl)CCC=C4Cl)[nH]c3c2)cc1. The monoisotopic (exact) mass is 409 g/mol. The summed E-state index contributed by atoms with van der Waals surface area (Å²) >= 11 is 12.5. The molecule has 3 aromatic rings. The van der Waals surface area contributed by atoms with Crippen molar-refractivity contribution in [3.05, 3.63) is 63.9 Å². The molecule has 0 unspecified atom stereocenters. The Morgan fingerprint density at radius 3 is 2.75 bits per heavy atom. The van der Waals surface area contributed by atoms with Crippen molar-refractivity contribution in [2.45, 2.75) is 12.8 Å². The average molecular weight is 410 g/mol. The molecule has 138 valence electrons. The van der Waals surface area contributed by atoms with E-state index < -0.39 is 0 Å². The van der Waals surface area contributed by atoms with Gasteiger partial charge in [0.15, 0.2) is 5.65 Å². The molecule has 28 heavy (non-hydrogen) atoms. The van der Waals surface area contributed by atoms with Crippen LogP contribution >= 0.6 is 23.2 Å². The van der Waals surface area contributed by atoms with E-state index in [9.17, 15) is 4.79 Å². The van der Waals surface area contributed by atoms with Crippen molar-refractivity contribution in [1.82, 2.24) is 15.0 Å². The van der Waals surface area contributed by atoms with Crippen LogP contribution in [0.1, 0.15) is 23.2 Å². The van der Waals surface area contributed by atoms with Gasteiger partial charge < -0.3 is 15.6 Å². The summed E-state index contributed by atoms with van der Waals surface area (Å²) in [6.07, 6.45) is 4.89. The van der Waals surface area contributed by atoms with Gasteiger partial charge in [-0.1, -0.05) is 46.9 Å². The van der Waals surface area contributed by atoms with Crippen LogP contribution in [0, 0.1) is 0 Å². The molecule has 0 saturated heterocycles. The zero-order chi connectivity index (χ0) is 19.7. The number of benzene rings is 1. The summed E-state index contributed by atoms with van der Waals surface area (Å²) in [5.74, 6) is 0.160. The number of hydrogen-bond acceptors (Lipinski definition) is 4. The quantitative estimate of drug-likeness (QED) is 0.572. The van der Waals surface area contributed by atoms with E-state index >= 15 is 0 Å². The standard InChI is InChI=1S/C19H14BCl2N5O/c20-11-4-6-12(7-5-11)24-18(28)10-8-15-17(23-9-10)27-19(25-15)26-16-13(21)2-1-3-14(16)22/h2,4-9H,1,3H2,(H,24,28)(H2,23,25,26,27). The van der Waals surface area contributed by atoms with Crippen molar-refractivity contribution in [2.75, 3.05) is 10.6 Å². The van der Waals surface area contributed by atoms with Crippen LogP contribution < -0.4 is 16.1 Å². The number of H-pyrrole nitrogens is 1. The van der Waals surface area contributed by atoms with E-state index in [-0.39, 0.29) is 5.91 Å². The number of nitrogens with zero attached hydrogens (tertiary/aromatic N) is 2. The number of allylic oxidation sites excluding steroid dienone is 3. The third kappa shape index (κ3) is 3.91. The van der Waals surface area contributed by atoms with Gasteiger partial charge in [-0.2, -0.15) is 4.98 Å². The number of halogens is 2. The lowest BCUT2D eigenvalue weighted by molar-refractivity contribution is 0.102. The summed E-state index contributed by atoms with van der Waals surface area (Å²) in [5.41, 5.74) is 3.37. The first kappa shape index (κ1) is 18.6. The molecule has 0 fully saturated rings. The number of aromatic amines is 1. The highest BCUT2D eigenvalue weighted by Crippen LogP contribution is 2.30. The molecule has 6 nitrogen and oxygen atoms in total. The van der Waals surface area contributed by atoms with Crippen molar-refractivity contribution in [3.8, 4) is 0 Å². The van der Waals surface area contributed by atoms with Crippen LogP contribution in [0.3, 0.4) is 0 Å². The second-order valence-corrected chi connectivity index (χ2v) is 7.12. The number of carbonyl (C=O) groups excluding carboxylic acids is 1. The maximum Gasteiger partial charge on any atom is 0.257 e. The molecule has 9 heteroatoms. The van der Waals surface area contributed by atoms with Gasteiger partial charge in [0.25, 0.3) is 5.91 Å². The average Bonchev–Trinajstić information content (AvgIpc) is 3.08. The van der Waals surface area contributed by atoms with Crippen LogP contribution in [0.5, 0.6) is 0 Å². The number of amides is 1. The molecule has 1 aromatic carbocycles. The third-order valence-corrected chi connectivity index (χ3v) is 4.93. The smallest absolute Gasteiger partial charge is 0.257 e. The fourth-order valence-corrected chi connectivity index (χ4v) is 3.36. The van der Waals surface area contributed by atoms with Gasteiger partial charge >= 0.3 is 0 Å². The van der Waals surface area contributed by atoms with Gasteiger partial charge in [0.05, 0.1) is 21.8 Å². The summed E-state index contributed by atoms with van der Waals surface area (Å²) in [5, 5.41) is 7.08. The third-order valence-electron chi connectivity index (χ3n) is 4.21. The molecule has 0 spiro atoms. The number of pyridine rings is 1. The molecule has 1 aliphatic rings. The number of imidazole rings is 1. The predicted molar refractivity (Wildman–Crippen MR) is 113 cm³/mol. The number of aromatic nitrogens is 3. The first-order valence-electron chi connectivity index (χ1n) is 8.54. The summed E-state index contributed by atoms with van der Waals surface area (Å²) in [4.78, 5) is 24.2. The van der Waals surface area contributed by atoms with Gasteiger partial charge in [0.1, 0.15) is 7.85 Å². The van der Waals surface area contributed by atoms with Crippen molar-refractivity contribution in [1.29, 1.82) is 0 Å². The zero-order valence-electron chi connectivity index (χ0n) is 14.6. The molecule has 0 aliphatic heterocycles. The maximum atomic E-state index is 12.5. The second kappa shape index (κ2) is 7.69.